The van der Waals surface area contributed by atoms with Crippen molar-refractivity contribution in [3.63, 3.8) is 0 Å². The van der Waals surface area contributed by atoms with Crippen LogP contribution in [-0.2, 0) is 28.8 Å². The van der Waals surface area contributed by atoms with Gasteiger partial charge in [0.15, 0.2) is 11.2 Å². The van der Waals surface area contributed by atoms with Crippen LogP contribution in [0.2, 0.25) is 0 Å². The van der Waals surface area contributed by atoms with Crippen molar-refractivity contribution in [1.82, 2.24) is 29.9 Å². The Morgan fingerprint density at radius 2 is 0.435 bits per heavy atom. The van der Waals surface area contributed by atoms with Crippen LogP contribution in [-0.4, -0.2) is 118 Å². The van der Waals surface area contributed by atoms with Crippen LogP contribution in [0.3, 0.4) is 0 Å². The number of nitrogens with zero attached hydrogens (tertiary/aromatic N) is 6. The van der Waals surface area contributed by atoms with Gasteiger partial charge in [0.25, 0.3) is 0 Å². The fraction of sp³-hybridized carbons (Fsp3) is 0.143. The zero-order valence-corrected chi connectivity index (χ0v) is 32.4. The van der Waals surface area contributed by atoms with Gasteiger partial charge in [-0.05, 0) is 106 Å². The Balaban J connectivity index is 0.000000267. The number of aliphatic carboxylic acids is 6. The molecule has 0 aliphatic carbocycles. The number of pyridine rings is 6. The molecule has 0 radical (unpaired) electrons. The largest absolute Gasteiger partial charge is 0.481 e. The lowest BCUT2D eigenvalue weighted by Gasteiger charge is -2.18. The summed E-state index contributed by atoms with van der Waals surface area (Å²) >= 11 is 0. The number of carboxylic acid groups (broad SMARTS) is 6. The smallest absolute Gasteiger partial charge is 0.336 e. The molecule has 0 unspecified atom stereocenters. The molecule has 6 heterocycles. The third kappa shape index (κ3) is 18.9. The van der Waals surface area contributed by atoms with E-state index in [-0.39, 0.29) is 0 Å². The predicted molar refractivity (Wildman–Crippen MR) is 217 cm³/mol. The molecule has 0 amide bonds. The Morgan fingerprint density at radius 3 is 0.532 bits per heavy atom. The molecule has 322 valence electrons. The summed E-state index contributed by atoms with van der Waals surface area (Å²) in [6.07, 6.45) is 16.9. The summed E-state index contributed by atoms with van der Waals surface area (Å²) in [5, 5.41) is 67.6. The van der Waals surface area contributed by atoms with E-state index in [2.05, 4.69) is 29.9 Å². The number of rotatable bonds is 13. The maximum Gasteiger partial charge on any atom is 0.336 e. The van der Waals surface area contributed by atoms with E-state index in [0.717, 1.165) is 0 Å². The maximum atomic E-state index is 10.3. The van der Waals surface area contributed by atoms with Gasteiger partial charge < -0.3 is 40.9 Å². The molecular weight excluding hydrogens is 812 g/mol. The van der Waals surface area contributed by atoms with Crippen molar-refractivity contribution in [2.45, 2.75) is 36.9 Å². The van der Waals surface area contributed by atoms with Crippen molar-refractivity contribution in [2.24, 2.45) is 0 Å². The van der Waals surface area contributed by atoms with Crippen LogP contribution in [0.15, 0.2) is 147 Å². The van der Waals surface area contributed by atoms with Gasteiger partial charge in [0, 0.05) is 74.4 Å². The van der Waals surface area contributed by atoms with E-state index < -0.39 is 72.7 Å². The first-order chi connectivity index (χ1) is 29.5. The molecule has 62 heavy (non-hydrogen) atoms. The number of hydrogen-bond acceptors (Lipinski definition) is 14. The first-order valence-electron chi connectivity index (χ1n) is 17.7. The molecule has 0 aliphatic rings. The van der Waals surface area contributed by atoms with Crippen LogP contribution in [0.4, 0.5) is 0 Å². The first kappa shape index (κ1) is 49.8. The number of hydrogen-bond donors (Lipinski definition) is 8. The second-order valence-electron chi connectivity index (χ2n) is 12.4. The van der Waals surface area contributed by atoms with E-state index in [1.54, 1.807) is 74.4 Å². The van der Waals surface area contributed by atoms with E-state index in [1.807, 2.05) is 72.8 Å². The van der Waals surface area contributed by atoms with Gasteiger partial charge in [-0.15, -0.1) is 0 Å². The van der Waals surface area contributed by atoms with Crippen molar-refractivity contribution in [3.05, 3.63) is 147 Å². The Kier molecular flexibility index (Phi) is 20.8. The van der Waals surface area contributed by atoms with Crippen LogP contribution in [0, 0.1) is 0 Å². The summed E-state index contributed by atoms with van der Waals surface area (Å²) in [6.45, 7) is 0. The summed E-state index contributed by atoms with van der Waals surface area (Å²) in [6, 6.07) is 23.8. The third-order valence-electron chi connectivity index (χ3n) is 7.65. The molecule has 0 atom stereocenters. The highest BCUT2D eigenvalue weighted by Crippen LogP contribution is 2.19. The summed E-state index contributed by atoms with van der Waals surface area (Å²) in [7, 11) is 0. The van der Waals surface area contributed by atoms with Gasteiger partial charge in [-0.3, -0.25) is 49.1 Å². The summed E-state index contributed by atoms with van der Waals surface area (Å²) in [4.78, 5) is 84.7. The maximum absolute atomic E-state index is 10.3. The molecule has 0 fully saturated rings. The zero-order chi connectivity index (χ0) is 46.0. The topological polar surface area (TPSA) is 342 Å². The third-order valence-corrected chi connectivity index (χ3v) is 7.65. The number of carboxylic acids is 6. The minimum Gasteiger partial charge on any atom is -0.481 e. The average Bonchev–Trinajstić information content (AvgIpc) is 3.25. The summed E-state index contributed by atoms with van der Waals surface area (Å²) in [5.74, 6) is -10.0. The summed E-state index contributed by atoms with van der Waals surface area (Å²) < 4.78 is 0. The van der Waals surface area contributed by atoms with Crippen LogP contribution in [0.25, 0.3) is 33.4 Å². The van der Waals surface area contributed by atoms with Crippen LogP contribution in [0.5, 0.6) is 0 Å². The molecule has 0 bridgehead atoms. The van der Waals surface area contributed by atoms with Crippen molar-refractivity contribution < 1.29 is 69.6 Å². The molecule has 0 saturated carbocycles. The molecule has 6 aromatic rings. The molecule has 20 nitrogen and oxygen atoms in total. The minimum absolute atomic E-state index is 1.14. The molecular formula is C42H40N6O14. The highest BCUT2D eigenvalue weighted by molar-refractivity contribution is 5.88. The van der Waals surface area contributed by atoms with E-state index in [4.69, 9.17) is 40.9 Å². The fourth-order valence-corrected chi connectivity index (χ4v) is 4.69. The van der Waals surface area contributed by atoms with Gasteiger partial charge in [-0.1, -0.05) is 0 Å². The number of aliphatic hydroxyl groups is 2. The van der Waals surface area contributed by atoms with Crippen LogP contribution < -0.4 is 0 Å². The van der Waals surface area contributed by atoms with Gasteiger partial charge in [0.1, 0.15) is 0 Å². The predicted octanol–water partition coefficient (Wildman–Crippen LogP) is 3.93. The Labute approximate surface area is 352 Å². The lowest BCUT2D eigenvalue weighted by atomic mass is 9.96. The molecule has 0 aliphatic heterocycles. The highest BCUT2D eigenvalue weighted by Gasteiger charge is 2.41. The van der Waals surface area contributed by atoms with Gasteiger partial charge >= 0.3 is 35.8 Å². The molecule has 8 N–H and O–H groups in total. The zero-order valence-electron chi connectivity index (χ0n) is 32.4. The quantitative estimate of drug-likeness (QED) is 0.0815. The molecule has 6 rings (SSSR count). The first-order valence-corrected chi connectivity index (χ1v) is 17.7. The molecule has 6 aromatic heterocycles. The fourth-order valence-electron chi connectivity index (χ4n) is 4.69. The SMILES string of the molecule is O=C(O)CC(O)(CC(=O)O)C(=O)O.O=C(O)CC(O)(CC(=O)O)C(=O)O.c1cc(-c2ccncc2)ccn1.c1cc(-c2ccncc2)ccn1.c1cc(-c2ccncc2)ccn1. The monoisotopic (exact) mass is 852 g/mol. The standard InChI is InChI=1S/3C10H8N2.2C6H8O7/c3*1-5-11-6-2-9(1)10-3-7-12-8-4-10;2*7-3(8)1-6(13,5(11)12)2-4(9)10/h3*1-8H;2*13H,1-2H2,(H,7,8)(H,9,10)(H,11,12). The Morgan fingerprint density at radius 1 is 0.306 bits per heavy atom. The normalized spacial score (nSPS) is 10.2. The van der Waals surface area contributed by atoms with Gasteiger partial charge in [-0.25, -0.2) is 9.59 Å². The van der Waals surface area contributed by atoms with E-state index in [9.17, 15) is 28.8 Å². The lowest BCUT2D eigenvalue weighted by Crippen LogP contribution is -2.42. The molecule has 0 aromatic carbocycles. The van der Waals surface area contributed by atoms with Gasteiger partial charge in [-0.2, -0.15) is 0 Å². The Hall–Kier alpha value is -8.36. The lowest BCUT2D eigenvalue weighted by molar-refractivity contribution is -0.170. The van der Waals surface area contributed by atoms with E-state index in [1.165, 1.54) is 33.4 Å². The second kappa shape index (κ2) is 25.9. The molecule has 20 heteroatoms. The van der Waals surface area contributed by atoms with Crippen LogP contribution in [0.1, 0.15) is 25.7 Å². The van der Waals surface area contributed by atoms with Crippen molar-refractivity contribution in [2.75, 3.05) is 0 Å². The van der Waals surface area contributed by atoms with E-state index >= 15 is 0 Å². The molecule has 0 spiro atoms. The van der Waals surface area contributed by atoms with Gasteiger partial charge in [0.05, 0.1) is 25.7 Å². The second-order valence-corrected chi connectivity index (χ2v) is 12.4. The summed E-state index contributed by atoms with van der Waals surface area (Å²) in [5.41, 5.74) is 1.56. The number of carbonyl (C=O) groups is 6. The highest BCUT2D eigenvalue weighted by atomic mass is 16.4. The van der Waals surface area contributed by atoms with Crippen LogP contribution >= 0.6 is 0 Å². The van der Waals surface area contributed by atoms with E-state index in [0.29, 0.717) is 0 Å². The molecule has 0 saturated heterocycles. The minimum atomic E-state index is -2.74. The van der Waals surface area contributed by atoms with Crippen molar-refractivity contribution >= 4 is 35.8 Å². The number of aromatic nitrogens is 6. The van der Waals surface area contributed by atoms with Crippen molar-refractivity contribution in [1.29, 1.82) is 0 Å². The Bertz CT molecular complexity index is 1920. The van der Waals surface area contributed by atoms with Crippen molar-refractivity contribution in [3.8, 4) is 33.4 Å². The van der Waals surface area contributed by atoms with Gasteiger partial charge in [0.2, 0.25) is 0 Å². The average molecular weight is 853 g/mol.